The van der Waals surface area contributed by atoms with Crippen LogP contribution >= 0.6 is 7.60 Å². The molecule has 0 fully saturated rings. The van der Waals surface area contributed by atoms with E-state index >= 15 is 0 Å². The molecule has 0 amide bonds. The van der Waals surface area contributed by atoms with Crippen LogP contribution in [-0.2, 0) is 4.57 Å². The van der Waals surface area contributed by atoms with Crippen LogP contribution in [0.3, 0.4) is 0 Å². The highest BCUT2D eigenvalue weighted by Gasteiger charge is 1.95. The molecule has 0 aliphatic carbocycles. The maximum Gasteiger partial charge on any atom is 0.322 e. The van der Waals surface area contributed by atoms with Crippen LogP contribution < -0.4 is 0 Å². The van der Waals surface area contributed by atoms with Gasteiger partial charge in [0.25, 0.3) is 0 Å². The van der Waals surface area contributed by atoms with Crippen LogP contribution in [-0.4, -0.2) is 46.9 Å². The molecule has 0 heterocycles. The van der Waals surface area contributed by atoms with Gasteiger partial charge in [0.1, 0.15) is 0 Å². The number of hydrogen-bond donors (Lipinski definition) is 2. The second kappa shape index (κ2) is 13.8. The summed E-state index contributed by atoms with van der Waals surface area (Å²) in [5, 5.41) is 0. The van der Waals surface area contributed by atoms with Gasteiger partial charge in [-0.2, -0.15) is 0 Å². The van der Waals surface area contributed by atoms with Crippen molar-refractivity contribution >= 4 is 38.0 Å². The van der Waals surface area contributed by atoms with E-state index in [1.54, 1.807) is 0 Å². The fourth-order valence-corrected chi connectivity index (χ4v) is 0. The van der Waals surface area contributed by atoms with Crippen molar-refractivity contribution in [2.45, 2.75) is 23.1 Å². The third kappa shape index (κ3) is 645. The first-order chi connectivity index (χ1) is 4.83. The molecule has 0 saturated carbocycles. The second-order valence-electron chi connectivity index (χ2n) is 2.25. The Hall–Kier alpha value is 1.21. The molecule has 3 nitrogen and oxygen atoms in total. The van der Waals surface area contributed by atoms with Crippen molar-refractivity contribution in [3.8, 4) is 0 Å². The van der Waals surface area contributed by atoms with Gasteiger partial charge >= 0.3 is 7.60 Å². The van der Waals surface area contributed by atoms with Crippen molar-refractivity contribution in [1.29, 1.82) is 0 Å². The van der Waals surface area contributed by atoms with Crippen molar-refractivity contribution < 1.29 is 14.4 Å². The molecule has 2 N–H and O–H groups in total. The summed E-state index contributed by atoms with van der Waals surface area (Å²) in [5.74, 6) is 9.06. The van der Waals surface area contributed by atoms with E-state index in [2.05, 4.69) is 23.1 Å². The van der Waals surface area contributed by atoms with Gasteiger partial charge in [0.05, 0.1) is 0 Å². The lowest BCUT2D eigenvalue weighted by atomic mass is 11.9. The monoisotopic (exact) mass is 212 g/mol. The van der Waals surface area contributed by atoms with Gasteiger partial charge in [0, 0.05) is 6.66 Å². The van der Waals surface area contributed by atoms with Crippen molar-refractivity contribution in [1.82, 2.24) is 0 Å². The Balaban J connectivity index is -0.0000000933. The zero-order valence-corrected chi connectivity index (χ0v) is 11.9. The Labute approximate surface area is 82.2 Å². The zero-order valence-electron chi connectivity index (χ0n) is 8.16. The van der Waals surface area contributed by atoms with Gasteiger partial charge in [0.15, 0.2) is 0 Å². The minimum Gasteiger partial charge on any atom is -0.325 e. The molecule has 68 valence electrons. The minimum atomic E-state index is -3.64. The molecule has 0 aliphatic rings. The highest BCUT2D eigenvalue weighted by Crippen LogP contribution is 2.26. The minimum absolute atomic E-state index is 0.417. The molecule has 0 aliphatic heterocycles. The van der Waals surface area contributed by atoms with E-state index in [0.29, 0.717) is 30.4 Å². The molecule has 0 spiro atoms. The lowest BCUT2D eigenvalue weighted by Crippen LogP contribution is -1.64. The summed E-state index contributed by atoms with van der Waals surface area (Å²) >= 11 is 0.833. The SMILES string of the molecule is CP(=O)(O)O.[CH3][AlH][CH3].[CH3][AlH][CH3]. The highest BCUT2D eigenvalue weighted by atomic mass is 31.2. The predicted octanol–water partition coefficient (Wildman–Crippen LogP) is 0.832. The van der Waals surface area contributed by atoms with Crippen LogP contribution in [0.4, 0.5) is 0 Å². The second-order valence-corrected chi connectivity index (χ2v) is 6.75. The summed E-state index contributed by atoms with van der Waals surface area (Å²) < 4.78 is 9.33. The van der Waals surface area contributed by atoms with E-state index in [4.69, 9.17) is 9.79 Å². The van der Waals surface area contributed by atoms with E-state index < -0.39 is 7.60 Å². The average molecular weight is 212 g/mol. The van der Waals surface area contributed by atoms with E-state index in [1.807, 2.05) is 0 Å². The maximum absolute atomic E-state index is 9.33. The Morgan fingerprint density at radius 1 is 1.00 bits per heavy atom. The van der Waals surface area contributed by atoms with E-state index in [9.17, 15) is 4.57 Å². The summed E-state index contributed by atoms with van der Waals surface area (Å²) in [7, 11) is -3.64. The molecule has 0 unspecified atom stereocenters. The quantitative estimate of drug-likeness (QED) is 0.462. The summed E-state index contributed by atoms with van der Waals surface area (Å²) in [4.78, 5) is 15.3. The van der Waals surface area contributed by atoms with Crippen LogP contribution in [0.5, 0.6) is 0 Å². The molecule has 0 saturated heterocycles. The molecular formula is C5H19Al2O3P. The number of hydrogen-bond acceptors (Lipinski definition) is 1. The van der Waals surface area contributed by atoms with E-state index in [-0.39, 0.29) is 0 Å². The first kappa shape index (κ1) is 18.1. The first-order valence-electron chi connectivity index (χ1n) is 3.86. The maximum atomic E-state index is 9.33. The molecule has 0 rings (SSSR count). The van der Waals surface area contributed by atoms with Crippen LogP contribution in [0.15, 0.2) is 0 Å². The van der Waals surface area contributed by atoms with Crippen molar-refractivity contribution in [3.05, 3.63) is 0 Å². The molecule has 0 bridgehead atoms. The normalized spacial score (nSPS) is 7.91. The van der Waals surface area contributed by atoms with Gasteiger partial charge in [-0.3, -0.25) is 4.57 Å². The Kier molecular flexibility index (Phi) is 22.7. The van der Waals surface area contributed by atoms with Crippen molar-refractivity contribution in [2.75, 3.05) is 6.66 Å². The van der Waals surface area contributed by atoms with Gasteiger partial charge in [0.2, 0.25) is 30.4 Å². The van der Waals surface area contributed by atoms with Gasteiger partial charge in [-0.1, -0.05) is 0 Å². The highest BCUT2D eigenvalue weighted by molar-refractivity contribution is 7.50. The van der Waals surface area contributed by atoms with E-state index in [1.165, 1.54) is 0 Å². The lowest BCUT2D eigenvalue weighted by molar-refractivity contribution is 0.381. The first-order valence-corrected chi connectivity index (χ1v) is 11.6. The molecule has 0 radical (unpaired) electrons. The Morgan fingerprint density at radius 3 is 1.00 bits per heavy atom. The third-order valence-corrected chi connectivity index (χ3v) is 0. The molecule has 6 heteroatoms. The fourth-order valence-electron chi connectivity index (χ4n) is 0. The summed E-state index contributed by atoms with van der Waals surface area (Å²) in [6.07, 6.45) is 0. The van der Waals surface area contributed by atoms with Crippen molar-refractivity contribution in [2.24, 2.45) is 0 Å². The van der Waals surface area contributed by atoms with Gasteiger partial charge < -0.3 is 9.79 Å². The summed E-state index contributed by atoms with van der Waals surface area (Å²) in [6, 6.07) is 0. The predicted molar refractivity (Wildman–Crippen MR) is 55.7 cm³/mol. The van der Waals surface area contributed by atoms with Crippen LogP contribution in [0.2, 0.25) is 23.1 Å². The topological polar surface area (TPSA) is 57.5 Å². The van der Waals surface area contributed by atoms with E-state index in [0.717, 1.165) is 6.66 Å². The van der Waals surface area contributed by atoms with Crippen LogP contribution in [0.1, 0.15) is 0 Å². The zero-order chi connectivity index (χ0) is 9.91. The summed E-state index contributed by atoms with van der Waals surface area (Å²) in [5.41, 5.74) is 0. The molecule has 0 aromatic carbocycles. The standard InChI is InChI=1S/CH5O3P.4CH3.2Al.2H/c1-5(2,3)4;;;;;;;;/h1H3,(H2,2,3,4);4*1H3;;;;. The van der Waals surface area contributed by atoms with Gasteiger partial charge in [-0.05, 0) is 0 Å². The fraction of sp³-hybridized carbons (Fsp3) is 1.00. The Bertz CT molecular complexity index is 83.5. The molecule has 0 aromatic heterocycles. The van der Waals surface area contributed by atoms with Crippen LogP contribution in [0.25, 0.3) is 0 Å². The molecule has 11 heavy (non-hydrogen) atoms. The average Bonchev–Trinajstić information content (AvgIpc) is 1.62. The molecule has 0 atom stereocenters. The molecule has 0 aromatic rings. The van der Waals surface area contributed by atoms with Gasteiger partial charge in [-0.15, -0.1) is 23.1 Å². The van der Waals surface area contributed by atoms with Gasteiger partial charge in [-0.25, -0.2) is 0 Å². The van der Waals surface area contributed by atoms with Crippen molar-refractivity contribution in [3.63, 3.8) is 0 Å². The summed E-state index contributed by atoms with van der Waals surface area (Å²) in [6.45, 7) is 0.854. The largest absolute Gasteiger partial charge is 0.325 e. The molecular weight excluding hydrogens is 193 g/mol. The number of rotatable bonds is 0. The smallest absolute Gasteiger partial charge is 0.322 e. The Morgan fingerprint density at radius 2 is 1.00 bits per heavy atom. The van der Waals surface area contributed by atoms with Crippen LogP contribution in [0, 0.1) is 0 Å². The lowest BCUT2D eigenvalue weighted by Gasteiger charge is -1.84. The third-order valence-electron chi connectivity index (χ3n) is 0.